The van der Waals surface area contributed by atoms with Gasteiger partial charge in [0.25, 0.3) is 0 Å². The molecule has 0 aliphatic carbocycles. The van der Waals surface area contributed by atoms with Crippen LogP contribution in [-0.2, 0) is 0 Å². The zero-order valence-corrected chi connectivity index (χ0v) is 23.6. The molecular formula is C38H21N3OS. The van der Waals surface area contributed by atoms with Gasteiger partial charge in [-0.2, -0.15) is 4.98 Å². The summed E-state index contributed by atoms with van der Waals surface area (Å²) in [5.41, 5.74) is 4.56. The van der Waals surface area contributed by atoms with E-state index in [0.29, 0.717) is 11.5 Å². The Labute approximate surface area is 249 Å². The van der Waals surface area contributed by atoms with E-state index in [4.69, 9.17) is 14.4 Å². The molecule has 5 heteroatoms. The van der Waals surface area contributed by atoms with Crippen molar-refractivity contribution >= 4 is 86.2 Å². The topological polar surface area (TPSA) is 43.9 Å². The van der Waals surface area contributed by atoms with Crippen LogP contribution in [-0.4, -0.2) is 14.5 Å². The van der Waals surface area contributed by atoms with Gasteiger partial charge in [0.2, 0.25) is 5.71 Å². The van der Waals surface area contributed by atoms with E-state index in [9.17, 15) is 0 Å². The number of fused-ring (bicyclic) bond motifs is 10. The molecule has 0 spiro atoms. The maximum absolute atomic E-state index is 6.43. The van der Waals surface area contributed by atoms with Crippen LogP contribution in [0.1, 0.15) is 0 Å². The number of hydrogen-bond acceptors (Lipinski definition) is 4. The normalized spacial score (nSPS) is 12.2. The third-order valence-corrected chi connectivity index (χ3v) is 9.76. The van der Waals surface area contributed by atoms with E-state index in [1.807, 2.05) is 29.5 Å². The molecule has 0 unspecified atom stereocenters. The number of hydrogen-bond donors (Lipinski definition) is 0. The molecule has 0 bridgehead atoms. The average Bonchev–Trinajstić information content (AvgIpc) is 3.72. The summed E-state index contributed by atoms with van der Waals surface area (Å²) in [6.45, 7) is 0. The Bertz CT molecular complexity index is 2750. The minimum atomic E-state index is 0.586. The van der Waals surface area contributed by atoms with Crippen LogP contribution in [0.4, 0.5) is 0 Å². The third-order valence-electron chi connectivity index (χ3n) is 8.61. The van der Waals surface area contributed by atoms with Crippen LogP contribution in [0.3, 0.4) is 0 Å². The number of nitrogens with zero attached hydrogens (tertiary/aromatic N) is 3. The lowest BCUT2D eigenvalue weighted by Gasteiger charge is -2.11. The van der Waals surface area contributed by atoms with Crippen molar-refractivity contribution in [3.05, 3.63) is 127 Å². The Balaban J connectivity index is 1.35. The SMILES string of the molecule is c1ccc2cc3c(cc2c1)c1ccccc1n3-c1nc(-c2ccc3sc4ccccc4c3c2)nc2oc3ccccc3c12. The highest BCUT2D eigenvalue weighted by Gasteiger charge is 2.22. The van der Waals surface area contributed by atoms with Crippen LogP contribution in [0.2, 0.25) is 0 Å². The van der Waals surface area contributed by atoms with Gasteiger partial charge in [0, 0.05) is 41.9 Å². The Morgan fingerprint density at radius 1 is 0.535 bits per heavy atom. The average molecular weight is 568 g/mol. The number of benzene rings is 6. The monoisotopic (exact) mass is 567 g/mol. The summed E-state index contributed by atoms with van der Waals surface area (Å²) < 4.78 is 11.3. The lowest BCUT2D eigenvalue weighted by molar-refractivity contribution is 0.653. The molecule has 0 N–H and O–H groups in total. The van der Waals surface area contributed by atoms with E-state index in [2.05, 4.69) is 114 Å². The number of furan rings is 1. The van der Waals surface area contributed by atoms with Crippen molar-refractivity contribution in [2.24, 2.45) is 0 Å². The van der Waals surface area contributed by atoms with Gasteiger partial charge >= 0.3 is 0 Å². The minimum absolute atomic E-state index is 0.586. The molecule has 10 aromatic rings. The summed E-state index contributed by atoms with van der Waals surface area (Å²) >= 11 is 1.81. The first-order valence-electron chi connectivity index (χ1n) is 14.3. The van der Waals surface area contributed by atoms with Crippen molar-refractivity contribution in [2.75, 3.05) is 0 Å². The molecule has 4 nitrogen and oxygen atoms in total. The lowest BCUT2D eigenvalue weighted by Crippen LogP contribution is -2.02. The second-order valence-electron chi connectivity index (χ2n) is 11.0. The summed E-state index contributed by atoms with van der Waals surface area (Å²) in [5, 5.41) is 9.19. The lowest BCUT2D eigenvalue weighted by atomic mass is 10.1. The number of para-hydroxylation sites is 2. The molecule has 0 aliphatic heterocycles. The van der Waals surface area contributed by atoms with Gasteiger partial charge in [-0.25, -0.2) is 4.98 Å². The van der Waals surface area contributed by atoms with Crippen molar-refractivity contribution in [3.8, 4) is 17.2 Å². The van der Waals surface area contributed by atoms with Gasteiger partial charge in [0.15, 0.2) is 11.6 Å². The Hall–Kier alpha value is -5.52. The highest BCUT2D eigenvalue weighted by atomic mass is 32.1. The maximum atomic E-state index is 6.43. The Morgan fingerprint density at radius 3 is 2.16 bits per heavy atom. The molecule has 4 aromatic heterocycles. The van der Waals surface area contributed by atoms with Crippen LogP contribution >= 0.6 is 11.3 Å². The third kappa shape index (κ3) is 3.25. The van der Waals surface area contributed by atoms with Gasteiger partial charge in [-0.1, -0.05) is 78.9 Å². The Kier molecular flexibility index (Phi) is 4.57. The number of thiophene rings is 1. The van der Waals surface area contributed by atoms with E-state index in [1.165, 1.54) is 41.7 Å². The van der Waals surface area contributed by atoms with E-state index in [-0.39, 0.29) is 0 Å². The molecule has 0 fully saturated rings. The summed E-state index contributed by atoms with van der Waals surface area (Å²) in [5.74, 6) is 1.46. The van der Waals surface area contributed by atoms with Gasteiger partial charge in [-0.15, -0.1) is 11.3 Å². The fourth-order valence-corrected chi connectivity index (χ4v) is 7.73. The summed E-state index contributed by atoms with van der Waals surface area (Å²) in [6, 6.07) is 45.0. The molecule has 10 rings (SSSR count). The van der Waals surface area contributed by atoms with E-state index >= 15 is 0 Å². The van der Waals surface area contributed by atoms with Crippen molar-refractivity contribution in [1.29, 1.82) is 0 Å². The predicted molar refractivity (Wildman–Crippen MR) is 179 cm³/mol. The molecule has 0 saturated heterocycles. The largest absolute Gasteiger partial charge is 0.437 e. The van der Waals surface area contributed by atoms with Crippen molar-refractivity contribution in [2.45, 2.75) is 0 Å². The highest BCUT2D eigenvalue weighted by molar-refractivity contribution is 7.25. The van der Waals surface area contributed by atoms with E-state index < -0.39 is 0 Å². The molecule has 200 valence electrons. The van der Waals surface area contributed by atoms with Crippen LogP contribution in [0.15, 0.2) is 132 Å². The van der Waals surface area contributed by atoms with Crippen molar-refractivity contribution < 1.29 is 4.42 Å². The van der Waals surface area contributed by atoms with Gasteiger partial charge in [-0.3, -0.25) is 4.57 Å². The van der Waals surface area contributed by atoms with Crippen LogP contribution in [0, 0.1) is 0 Å². The quantitative estimate of drug-likeness (QED) is 0.209. The number of aromatic nitrogens is 3. The van der Waals surface area contributed by atoms with Gasteiger partial charge < -0.3 is 4.42 Å². The molecule has 0 aliphatic rings. The smallest absolute Gasteiger partial charge is 0.233 e. The van der Waals surface area contributed by atoms with Gasteiger partial charge in [0.1, 0.15) is 5.58 Å². The van der Waals surface area contributed by atoms with Crippen LogP contribution in [0.25, 0.3) is 92.0 Å². The van der Waals surface area contributed by atoms with Crippen LogP contribution in [0.5, 0.6) is 0 Å². The predicted octanol–water partition coefficient (Wildman–Crippen LogP) is 10.7. The van der Waals surface area contributed by atoms with Gasteiger partial charge in [-0.05, 0) is 59.3 Å². The number of rotatable bonds is 2. The molecule has 4 heterocycles. The fourth-order valence-electron chi connectivity index (χ4n) is 6.64. The van der Waals surface area contributed by atoms with E-state index in [1.54, 1.807) is 0 Å². The van der Waals surface area contributed by atoms with Crippen molar-refractivity contribution in [3.63, 3.8) is 0 Å². The molecule has 0 radical (unpaired) electrons. The fraction of sp³-hybridized carbons (Fsp3) is 0. The zero-order chi connectivity index (χ0) is 28.1. The standard InChI is InChI=1S/C38H21N3OS/c1-2-10-23-21-31-28(19-22(23)9-1)25-11-3-6-14-30(25)41(31)37-35-27-13-4-7-15-32(27)42-38(35)40-36(39-37)24-17-18-34-29(20-24)26-12-5-8-16-33(26)43-34/h1-21H. The van der Waals surface area contributed by atoms with Crippen LogP contribution < -0.4 is 0 Å². The summed E-state index contributed by atoms with van der Waals surface area (Å²) in [6.07, 6.45) is 0. The first-order chi connectivity index (χ1) is 21.3. The molecule has 0 saturated carbocycles. The zero-order valence-electron chi connectivity index (χ0n) is 22.8. The molecular weight excluding hydrogens is 547 g/mol. The molecule has 0 atom stereocenters. The van der Waals surface area contributed by atoms with Gasteiger partial charge in [0.05, 0.1) is 16.4 Å². The Morgan fingerprint density at radius 2 is 1.26 bits per heavy atom. The highest BCUT2D eigenvalue weighted by Crippen LogP contribution is 2.40. The van der Waals surface area contributed by atoms with E-state index in [0.717, 1.165) is 38.8 Å². The first-order valence-corrected chi connectivity index (χ1v) is 15.2. The molecule has 0 amide bonds. The second-order valence-corrected chi connectivity index (χ2v) is 12.1. The summed E-state index contributed by atoms with van der Waals surface area (Å²) in [7, 11) is 0. The second kappa shape index (κ2) is 8.51. The summed E-state index contributed by atoms with van der Waals surface area (Å²) in [4.78, 5) is 10.4. The first kappa shape index (κ1) is 23.1. The molecule has 6 aromatic carbocycles. The maximum Gasteiger partial charge on any atom is 0.233 e. The minimum Gasteiger partial charge on any atom is -0.437 e. The van der Waals surface area contributed by atoms with Crippen molar-refractivity contribution in [1.82, 2.24) is 14.5 Å². The molecule has 43 heavy (non-hydrogen) atoms.